The van der Waals surface area contributed by atoms with Crippen LogP contribution in [0, 0.1) is 0 Å². The Morgan fingerprint density at radius 3 is 2.67 bits per heavy atom. The van der Waals surface area contributed by atoms with Crippen molar-refractivity contribution in [3.63, 3.8) is 0 Å². The molecule has 36 heavy (non-hydrogen) atoms. The van der Waals surface area contributed by atoms with Crippen LogP contribution < -0.4 is 5.73 Å². The summed E-state index contributed by atoms with van der Waals surface area (Å²) in [5, 5.41) is 19.0. The molecule has 2 amide bonds. The van der Waals surface area contributed by atoms with Crippen LogP contribution in [0.1, 0.15) is 54.7 Å². The number of aryl methyl sites for hydroxylation is 1. The molecule has 5 rings (SSSR count). The molecule has 3 aromatic heterocycles. The number of pyridine rings is 2. The number of amides is 2. The predicted octanol–water partition coefficient (Wildman–Crippen LogP) is 2.90. The summed E-state index contributed by atoms with van der Waals surface area (Å²) in [4.78, 5) is 35.6. The molecule has 1 aromatic carbocycles. The zero-order valence-electron chi connectivity index (χ0n) is 20.6. The SMILES string of the molecule is Cn1ncc2c(N)nc3ccc(C(=O)N(Cc4ccc(C(C)(C)O)nc4)N4CCCCC4=O)cc3c21. The van der Waals surface area contributed by atoms with Gasteiger partial charge in [0.2, 0.25) is 5.91 Å². The summed E-state index contributed by atoms with van der Waals surface area (Å²) in [5.41, 5.74) is 8.19. The molecular formula is C26H29N7O3. The van der Waals surface area contributed by atoms with Crippen molar-refractivity contribution in [2.75, 3.05) is 12.3 Å². The lowest BCUT2D eigenvalue weighted by Gasteiger charge is -2.37. The minimum atomic E-state index is -1.07. The molecule has 186 valence electrons. The molecule has 10 nitrogen and oxygen atoms in total. The average Bonchev–Trinajstić information content (AvgIpc) is 3.25. The number of hydrazine groups is 1. The first-order valence-electron chi connectivity index (χ1n) is 11.9. The van der Waals surface area contributed by atoms with Crippen molar-refractivity contribution in [1.29, 1.82) is 0 Å². The highest BCUT2D eigenvalue weighted by Gasteiger charge is 2.30. The van der Waals surface area contributed by atoms with Gasteiger partial charge in [-0.3, -0.25) is 24.3 Å². The van der Waals surface area contributed by atoms with Crippen molar-refractivity contribution in [3.05, 3.63) is 59.5 Å². The fourth-order valence-corrected chi connectivity index (χ4v) is 4.61. The van der Waals surface area contributed by atoms with E-state index >= 15 is 0 Å². The molecule has 10 heteroatoms. The summed E-state index contributed by atoms with van der Waals surface area (Å²) in [6, 6.07) is 8.81. The minimum Gasteiger partial charge on any atom is -0.384 e. The zero-order chi connectivity index (χ0) is 25.6. The number of hydrogen-bond donors (Lipinski definition) is 2. The molecule has 0 bridgehead atoms. The lowest BCUT2D eigenvalue weighted by molar-refractivity contribution is -0.148. The third-order valence-electron chi connectivity index (χ3n) is 6.56. The van der Waals surface area contributed by atoms with Gasteiger partial charge in [-0.2, -0.15) is 5.10 Å². The van der Waals surface area contributed by atoms with Crippen molar-refractivity contribution in [1.82, 2.24) is 29.8 Å². The Morgan fingerprint density at radius 2 is 1.97 bits per heavy atom. The maximum absolute atomic E-state index is 13.9. The number of piperidine rings is 1. The fourth-order valence-electron chi connectivity index (χ4n) is 4.61. The van der Waals surface area contributed by atoms with Crippen LogP contribution in [0.25, 0.3) is 21.8 Å². The summed E-state index contributed by atoms with van der Waals surface area (Å²) in [5.74, 6) is -0.00185. The van der Waals surface area contributed by atoms with E-state index in [9.17, 15) is 14.7 Å². The van der Waals surface area contributed by atoms with Crippen molar-refractivity contribution in [3.8, 4) is 0 Å². The van der Waals surface area contributed by atoms with E-state index in [-0.39, 0.29) is 18.4 Å². The maximum atomic E-state index is 13.9. The first-order chi connectivity index (χ1) is 17.1. The topological polar surface area (TPSA) is 130 Å². The molecule has 4 aromatic rings. The summed E-state index contributed by atoms with van der Waals surface area (Å²) in [7, 11) is 1.82. The first-order valence-corrected chi connectivity index (χ1v) is 11.9. The van der Waals surface area contributed by atoms with Crippen LogP contribution in [0.5, 0.6) is 0 Å². The van der Waals surface area contributed by atoms with Crippen LogP contribution in [0.3, 0.4) is 0 Å². The molecule has 0 spiro atoms. The second-order valence-corrected chi connectivity index (χ2v) is 9.71. The number of nitrogens with zero attached hydrogens (tertiary/aromatic N) is 6. The summed E-state index contributed by atoms with van der Waals surface area (Å²) in [6.07, 6.45) is 5.32. The van der Waals surface area contributed by atoms with Gasteiger partial charge in [-0.05, 0) is 56.5 Å². The molecule has 0 unspecified atom stereocenters. The number of aromatic nitrogens is 4. The predicted molar refractivity (Wildman–Crippen MR) is 135 cm³/mol. The zero-order valence-corrected chi connectivity index (χ0v) is 20.6. The number of carbonyl (C=O) groups is 2. The van der Waals surface area contributed by atoms with E-state index in [2.05, 4.69) is 15.1 Å². The molecule has 1 aliphatic heterocycles. The molecule has 0 radical (unpaired) electrons. The van der Waals surface area contributed by atoms with E-state index in [1.54, 1.807) is 60.2 Å². The van der Waals surface area contributed by atoms with Gasteiger partial charge in [0.05, 0.1) is 34.9 Å². The van der Waals surface area contributed by atoms with Crippen LogP contribution in [-0.4, -0.2) is 53.2 Å². The highest BCUT2D eigenvalue weighted by Crippen LogP contribution is 2.29. The molecule has 4 heterocycles. The number of aliphatic hydroxyl groups is 1. The normalized spacial score (nSPS) is 14.6. The molecular weight excluding hydrogens is 458 g/mol. The van der Waals surface area contributed by atoms with E-state index in [0.29, 0.717) is 35.6 Å². The lowest BCUT2D eigenvalue weighted by Crippen LogP contribution is -2.51. The Labute approximate surface area is 208 Å². The number of nitrogen functional groups attached to an aromatic ring is 1. The molecule has 0 saturated carbocycles. The van der Waals surface area contributed by atoms with Crippen LogP contribution in [0.15, 0.2) is 42.7 Å². The van der Waals surface area contributed by atoms with Gasteiger partial charge in [-0.15, -0.1) is 0 Å². The van der Waals surface area contributed by atoms with E-state index in [0.717, 1.165) is 34.7 Å². The minimum absolute atomic E-state index is 0.0834. The third kappa shape index (κ3) is 4.24. The summed E-state index contributed by atoms with van der Waals surface area (Å²) in [6.45, 7) is 3.97. The van der Waals surface area contributed by atoms with Crippen molar-refractivity contribution in [2.24, 2.45) is 7.05 Å². The van der Waals surface area contributed by atoms with E-state index < -0.39 is 5.60 Å². The third-order valence-corrected chi connectivity index (χ3v) is 6.56. The first kappa shape index (κ1) is 23.7. The Hall–Kier alpha value is -4.05. The lowest BCUT2D eigenvalue weighted by atomic mass is 10.0. The number of fused-ring (bicyclic) bond motifs is 3. The van der Waals surface area contributed by atoms with Crippen LogP contribution >= 0.6 is 0 Å². The Balaban J connectivity index is 1.55. The monoisotopic (exact) mass is 487 g/mol. The number of rotatable bonds is 5. The smallest absolute Gasteiger partial charge is 0.272 e. The van der Waals surface area contributed by atoms with Crippen LogP contribution in [-0.2, 0) is 24.0 Å². The molecule has 0 atom stereocenters. The van der Waals surface area contributed by atoms with Crippen molar-refractivity contribution >= 4 is 39.4 Å². The summed E-state index contributed by atoms with van der Waals surface area (Å²) >= 11 is 0. The van der Waals surface area contributed by atoms with Crippen LogP contribution in [0.2, 0.25) is 0 Å². The van der Waals surface area contributed by atoms with E-state index in [1.165, 1.54) is 5.01 Å². The van der Waals surface area contributed by atoms with Gasteiger partial charge in [-0.25, -0.2) is 9.99 Å². The van der Waals surface area contributed by atoms with Gasteiger partial charge < -0.3 is 10.8 Å². The largest absolute Gasteiger partial charge is 0.384 e. The Morgan fingerprint density at radius 1 is 1.17 bits per heavy atom. The quantitative estimate of drug-likeness (QED) is 0.443. The second kappa shape index (κ2) is 8.87. The van der Waals surface area contributed by atoms with E-state index in [1.807, 2.05) is 13.1 Å². The Bertz CT molecular complexity index is 1470. The molecule has 1 aliphatic rings. The van der Waals surface area contributed by atoms with E-state index in [4.69, 9.17) is 5.73 Å². The number of nitrogens with two attached hydrogens (primary N) is 1. The molecule has 1 saturated heterocycles. The standard InChI is InChI=1S/C26H29N7O3/c1-26(2,36)21-10-7-16(13-28-21)15-33(32-11-5-4-6-22(32)34)25(35)17-8-9-20-18(12-17)23-19(24(27)30-20)14-29-31(23)3/h7-10,12-14,36H,4-6,11,15H2,1-3H3,(H2,27,30). The van der Waals surface area contributed by atoms with Gasteiger partial charge in [0, 0.05) is 37.2 Å². The van der Waals surface area contributed by atoms with Gasteiger partial charge >= 0.3 is 0 Å². The van der Waals surface area contributed by atoms with Gasteiger partial charge in [0.25, 0.3) is 5.91 Å². The molecule has 0 aliphatic carbocycles. The fraction of sp³-hybridized carbons (Fsp3) is 0.346. The second-order valence-electron chi connectivity index (χ2n) is 9.71. The maximum Gasteiger partial charge on any atom is 0.272 e. The van der Waals surface area contributed by atoms with Gasteiger partial charge in [0.15, 0.2) is 0 Å². The highest BCUT2D eigenvalue weighted by atomic mass is 16.3. The van der Waals surface area contributed by atoms with Gasteiger partial charge in [-0.1, -0.05) is 6.07 Å². The Kier molecular flexibility index (Phi) is 5.83. The number of hydrogen-bond acceptors (Lipinski definition) is 7. The summed E-state index contributed by atoms with van der Waals surface area (Å²) < 4.78 is 1.71. The highest BCUT2D eigenvalue weighted by molar-refractivity contribution is 6.10. The van der Waals surface area contributed by atoms with Crippen molar-refractivity contribution < 1.29 is 14.7 Å². The van der Waals surface area contributed by atoms with Crippen LogP contribution in [0.4, 0.5) is 5.82 Å². The number of benzene rings is 1. The van der Waals surface area contributed by atoms with Crippen molar-refractivity contribution in [2.45, 2.75) is 45.3 Å². The average molecular weight is 488 g/mol. The number of carbonyl (C=O) groups excluding carboxylic acids is 2. The molecule has 1 fully saturated rings. The number of anilines is 1. The van der Waals surface area contributed by atoms with Gasteiger partial charge in [0.1, 0.15) is 11.4 Å². The molecule has 3 N–H and O–H groups in total.